The van der Waals surface area contributed by atoms with E-state index in [0.29, 0.717) is 25.9 Å². The first kappa shape index (κ1) is 16.5. The van der Waals surface area contributed by atoms with E-state index in [1.165, 1.54) is 12.8 Å². The highest BCUT2D eigenvalue weighted by atomic mass is 16.3. The van der Waals surface area contributed by atoms with Crippen LogP contribution in [0.5, 0.6) is 0 Å². The summed E-state index contributed by atoms with van der Waals surface area (Å²) >= 11 is 0. The zero-order chi connectivity index (χ0) is 15.8. The van der Waals surface area contributed by atoms with E-state index >= 15 is 0 Å². The van der Waals surface area contributed by atoms with E-state index in [9.17, 15) is 9.90 Å². The van der Waals surface area contributed by atoms with Crippen molar-refractivity contribution in [2.24, 2.45) is 0 Å². The summed E-state index contributed by atoms with van der Waals surface area (Å²) in [6, 6.07) is 3.75. The molecular formula is C16H26N4O2. The van der Waals surface area contributed by atoms with Crippen LogP contribution in [-0.2, 0) is 6.54 Å². The van der Waals surface area contributed by atoms with Crippen molar-refractivity contribution in [3.05, 3.63) is 23.9 Å². The first-order valence-corrected chi connectivity index (χ1v) is 8.08. The molecule has 1 unspecified atom stereocenters. The Morgan fingerprint density at radius 3 is 2.91 bits per heavy atom. The molecule has 22 heavy (non-hydrogen) atoms. The molecular weight excluding hydrogens is 280 g/mol. The average molecular weight is 306 g/mol. The molecule has 0 saturated carbocycles. The zero-order valence-electron chi connectivity index (χ0n) is 13.2. The van der Waals surface area contributed by atoms with E-state index in [1.54, 1.807) is 6.20 Å². The third-order valence-corrected chi connectivity index (χ3v) is 3.93. The van der Waals surface area contributed by atoms with Gasteiger partial charge in [0, 0.05) is 32.4 Å². The van der Waals surface area contributed by atoms with Gasteiger partial charge in [-0.05, 0) is 43.4 Å². The topological polar surface area (TPSA) is 77.5 Å². The maximum Gasteiger partial charge on any atom is 0.315 e. The predicted molar refractivity (Wildman–Crippen MR) is 86.8 cm³/mol. The fourth-order valence-electron chi connectivity index (χ4n) is 2.49. The van der Waals surface area contributed by atoms with Gasteiger partial charge in [-0.25, -0.2) is 9.78 Å². The van der Waals surface area contributed by atoms with Crippen molar-refractivity contribution in [2.75, 3.05) is 24.5 Å². The van der Waals surface area contributed by atoms with E-state index in [0.717, 1.165) is 24.5 Å². The molecule has 2 rings (SSSR count). The van der Waals surface area contributed by atoms with E-state index in [-0.39, 0.29) is 12.1 Å². The zero-order valence-corrected chi connectivity index (χ0v) is 13.2. The van der Waals surface area contributed by atoms with Gasteiger partial charge in [-0.15, -0.1) is 0 Å². The van der Waals surface area contributed by atoms with Crippen LogP contribution >= 0.6 is 0 Å². The van der Waals surface area contributed by atoms with Gasteiger partial charge < -0.3 is 20.6 Å². The van der Waals surface area contributed by atoms with Crippen LogP contribution in [0.2, 0.25) is 0 Å². The number of hydrogen-bond donors (Lipinski definition) is 3. The summed E-state index contributed by atoms with van der Waals surface area (Å²) < 4.78 is 0. The molecule has 1 aromatic heterocycles. The minimum absolute atomic E-state index is 0.206. The predicted octanol–water partition coefficient (Wildman–Crippen LogP) is 1.64. The van der Waals surface area contributed by atoms with Crippen molar-refractivity contribution in [1.82, 2.24) is 15.6 Å². The molecule has 0 aromatic carbocycles. The molecule has 0 aliphatic carbocycles. The molecule has 6 nitrogen and oxygen atoms in total. The number of nitrogens with zero attached hydrogens (tertiary/aromatic N) is 2. The minimum atomic E-state index is -0.344. The van der Waals surface area contributed by atoms with Crippen molar-refractivity contribution in [1.29, 1.82) is 0 Å². The second-order valence-electron chi connectivity index (χ2n) is 5.68. The molecule has 1 aliphatic rings. The molecule has 1 saturated heterocycles. The molecule has 1 aromatic rings. The van der Waals surface area contributed by atoms with Crippen LogP contribution in [0, 0.1) is 0 Å². The van der Waals surface area contributed by atoms with Crippen LogP contribution < -0.4 is 15.5 Å². The van der Waals surface area contributed by atoms with E-state index in [4.69, 9.17) is 0 Å². The van der Waals surface area contributed by atoms with Gasteiger partial charge in [0.15, 0.2) is 0 Å². The molecule has 1 aliphatic heterocycles. The normalized spacial score (nSPS) is 15.6. The number of carbonyl (C=O) groups is 1. The highest BCUT2D eigenvalue weighted by molar-refractivity contribution is 5.73. The average Bonchev–Trinajstić information content (AvgIpc) is 3.07. The van der Waals surface area contributed by atoms with Gasteiger partial charge in [0.25, 0.3) is 0 Å². The second kappa shape index (κ2) is 8.58. The largest absolute Gasteiger partial charge is 0.393 e. The minimum Gasteiger partial charge on any atom is -0.393 e. The van der Waals surface area contributed by atoms with Crippen molar-refractivity contribution in [3.8, 4) is 0 Å². The maximum absolute atomic E-state index is 11.7. The summed E-state index contributed by atoms with van der Waals surface area (Å²) in [6.07, 6.45) is 5.17. The Balaban J connectivity index is 1.74. The van der Waals surface area contributed by atoms with Gasteiger partial charge in [-0.2, -0.15) is 0 Å². The van der Waals surface area contributed by atoms with Crippen LogP contribution in [0.1, 0.15) is 38.2 Å². The van der Waals surface area contributed by atoms with Crippen LogP contribution in [-0.4, -0.2) is 41.9 Å². The number of aliphatic hydroxyl groups excluding tert-OH is 1. The second-order valence-corrected chi connectivity index (χ2v) is 5.68. The monoisotopic (exact) mass is 306 g/mol. The van der Waals surface area contributed by atoms with E-state index in [2.05, 4.69) is 20.5 Å². The first-order chi connectivity index (χ1) is 10.7. The molecule has 1 fully saturated rings. The number of carbonyl (C=O) groups excluding carboxylic acids is 1. The van der Waals surface area contributed by atoms with Gasteiger partial charge in [0.1, 0.15) is 5.82 Å². The Labute approximate surface area is 131 Å². The number of hydrogen-bond acceptors (Lipinski definition) is 4. The summed E-state index contributed by atoms with van der Waals surface area (Å²) in [6.45, 7) is 5.00. The summed E-state index contributed by atoms with van der Waals surface area (Å²) in [4.78, 5) is 18.4. The number of amides is 2. The quantitative estimate of drug-likeness (QED) is 0.716. The van der Waals surface area contributed by atoms with E-state index in [1.807, 2.05) is 19.1 Å². The number of aliphatic hydroxyl groups is 1. The fraction of sp³-hybridized carbons (Fsp3) is 0.625. The molecule has 0 spiro atoms. The Bertz CT molecular complexity index is 475. The molecule has 122 valence electrons. The van der Waals surface area contributed by atoms with E-state index < -0.39 is 0 Å². The molecule has 2 heterocycles. The maximum atomic E-state index is 11.7. The smallest absolute Gasteiger partial charge is 0.315 e. The van der Waals surface area contributed by atoms with Crippen molar-refractivity contribution >= 4 is 11.8 Å². The van der Waals surface area contributed by atoms with Gasteiger partial charge in [0.2, 0.25) is 0 Å². The molecule has 2 amide bonds. The molecule has 0 radical (unpaired) electrons. The highest BCUT2D eigenvalue weighted by Crippen LogP contribution is 2.18. The highest BCUT2D eigenvalue weighted by Gasteiger charge is 2.13. The van der Waals surface area contributed by atoms with Gasteiger partial charge in [-0.3, -0.25) is 0 Å². The van der Waals surface area contributed by atoms with Gasteiger partial charge in [0.05, 0.1) is 6.10 Å². The lowest BCUT2D eigenvalue weighted by molar-refractivity contribution is 0.160. The Morgan fingerprint density at radius 1 is 1.41 bits per heavy atom. The van der Waals surface area contributed by atoms with Crippen molar-refractivity contribution in [3.63, 3.8) is 0 Å². The fourth-order valence-corrected chi connectivity index (χ4v) is 2.49. The lowest BCUT2D eigenvalue weighted by atomic mass is 10.2. The molecule has 3 N–H and O–H groups in total. The standard InChI is InChI=1S/C16H26N4O2/c1-2-14(21)6-8-18-16(22)19-12-13-5-7-17-15(11-13)20-9-3-4-10-20/h5,7,11,14,21H,2-4,6,8-10,12H2,1H3,(H2,18,19,22). The number of anilines is 1. The lowest BCUT2D eigenvalue weighted by Crippen LogP contribution is -2.36. The van der Waals surface area contributed by atoms with Crippen LogP contribution in [0.3, 0.4) is 0 Å². The van der Waals surface area contributed by atoms with Gasteiger partial charge >= 0.3 is 6.03 Å². The molecule has 0 bridgehead atoms. The number of pyridine rings is 1. The lowest BCUT2D eigenvalue weighted by Gasteiger charge is -2.17. The van der Waals surface area contributed by atoms with Crippen molar-refractivity contribution < 1.29 is 9.90 Å². The Kier molecular flexibility index (Phi) is 6.45. The summed E-state index contributed by atoms with van der Waals surface area (Å²) in [5.41, 5.74) is 1.04. The number of aromatic nitrogens is 1. The summed E-state index contributed by atoms with van der Waals surface area (Å²) in [7, 11) is 0. The van der Waals surface area contributed by atoms with Crippen LogP contribution in [0.4, 0.5) is 10.6 Å². The first-order valence-electron chi connectivity index (χ1n) is 8.08. The SMILES string of the molecule is CCC(O)CCNC(=O)NCc1ccnc(N2CCCC2)c1. The summed E-state index contributed by atoms with van der Waals surface area (Å²) in [5, 5.41) is 15.0. The van der Waals surface area contributed by atoms with Gasteiger partial charge in [-0.1, -0.05) is 6.92 Å². The third kappa shape index (κ3) is 5.18. The Morgan fingerprint density at radius 2 is 2.18 bits per heavy atom. The third-order valence-electron chi connectivity index (χ3n) is 3.93. The van der Waals surface area contributed by atoms with Crippen molar-refractivity contribution in [2.45, 2.75) is 45.3 Å². The number of urea groups is 1. The van der Waals surface area contributed by atoms with Crippen LogP contribution in [0.15, 0.2) is 18.3 Å². The molecule has 1 atom stereocenters. The number of rotatable bonds is 7. The summed E-state index contributed by atoms with van der Waals surface area (Å²) in [5.74, 6) is 0.989. The Hall–Kier alpha value is -1.82. The van der Waals surface area contributed by atoms with Crippen LogP contribution in [0.25, 0.3) is 0 Å². The molecule has 6 heteroatoms. The number of nitrogens with one attached hydrogen (secondary N) is 2.